The van der Waals surface area contributed by atoms with E-state index in [4.69, 9.17) is 0 Å². The standard InChI is InChI=1S/C19H31N3O2/c1-14-7-9-22(10-8-14)17-6-5-16(12-20-17)18(24)21-13-19(3,4)11-15(2)23/h5-6,12,14-15,23H,7-11,13H2,1-4H3,(H,21,24). The molecule has 1 aromatic rings. The van der Waals surface area contributed by atoms with E-state index in [2.05, 4.69) is 22.1 Å². The minimum absolute atomic E-state index is 0.111. The van der Waals surface area contributed by atoms with Crippen molar-refractivity contribution in [2.45, 2.75) is 53.1 Å². The third-order valence-electron chi connectivity index (χ3n) is 4.69. The lowest BCUT2D eigenvalue weighted by atomic mass is 9.87. The summed E-state index contributed by atoms with van der Waals surface area (Å²) in [5.41, 5.74) is 0.443. The second-order valence-corrected chi connectivity index (χ2v) is 7.97. The largest absolute Gasteiger partial charge is 0.393 e. The third-order valence-corrected chi connectivity index (χ3v) is 4.69. The van der Waals surface area contributed by atoms with Crippen molar-refractivity contribution in [3.8, 4) is 0 Å². The Morgan fingerprint density at radius 2 is 2.08 bits per heavy atom. The van der Waals surface area contributed by atoms with E-state index < -0.39 is 0 Å². The van der Waals surface area contributed by atoms with Gasteiger partial charge in [0.2, 0.25) is 0 Å². The van der Waals surface area contributed by atoms with E-state index in [1.807, 2.05) is 26.0 Å². The van der Waals surface area contributed by atoms with Crippen LogP contribution in [0.3, 0.4) is 0 Å². The van der Waals surface area contributed by atoms with Gasteiger partial charge in [-0.05, 0) is 49.7 Å². The van der Waals surface area contributed by atoms with Crippen molar-refractivity contribution in [2.75, 3.05) is 24.5 Å². The van der Waals surface area contributed by atoms with Gasteiger partial charge in [-0.15, -0.1) is 0 Å². The minimum atomic E-state index is -0.370. The zero-order chi connectivity index (χ0) is 17.7. The van der Waals surface area contributed by atoms with Crippen LogP contribution in [0.5, 0.6) is 0 Å². The van der Waals surface area contributed by atoms with Gasteiger partial charge in [0.05, 0.1) is 11.7 Å². The molecule has 0 saturated carbocycles. The van der Waals surface area contributed by atoms with Crippen LogP contribution in [0, 0.1) is 11.3 Å². The molecular formula is C19H31N3O2. The van der Waals surface area contributed by atoms with E-state index in [0.29, 0.717) is 18.5 Å². The van der Waals surface area contributed by atoms with E-state index >= 15 is 0 Å². The zero-order valence-electron chi connectivity index (χ0n) is 15.4. The summed E-state index contributed by atoms with van der Waals surface area (Å²) in [5, 5.41) is 12.5. The number of aliphatic hydroxyl groups is 1. The van der Waals surface area contributed by atoms with Crippen LogP contribution < -0.4 is 10.2 Å². The summed E-state index contributed by atoms with van der Waals surface area (Å²) < 4.78 is 0. The number of nitrogens with zero attached hydrogens (tertiary/aromatic N) is 2. The van der Waals surface area contributed by atoms with Gasteiger partial charge in [-0.3, -0.25) is 4.79 Å². The van der Waals surface area contributed by atoms with Gasteiger partial charge in [0.25, 0.3) is 5.91 Å². The minimum Gasteiger partial charge on any atom is -0.393 e. The lowest BCUT2D eigenvalue weighted by Gasteiger charge is -2.31. The predicted molar refractivity (Wildman–Crippen MR) is 97.3 cm³/mol. The molecule has 24 heavy (non-hydrogen) atoms. The van der Waals surface area contributed by atoms with Crippen molar-refractivity contribution in [1.82, 2.24) is 10.3 Å². The molecule has 134 valence electrons. The summed E-state index contributed by atoms with van der Waals surface area (Å²) in [5.74, 6) is 1.63. The van der Waals surface area contributed by atoms with Crippen LogP contribution in [0.4, 0.5) is 5.82 Å². The Hall–Kier alpha value is -1.62. The molecule has 0 aromatic carbocycles. The SMILES string of the molecule is CC(O)CC(C)(C)CNC(=O)c1ccc(N2CCC(C)CC2)nc1. The molecule has 2 heterocycles. The molecule has 1 amide bonds. The Labute approximate surface area is 145 Å². The van der Waals surface area contributed by atoms with Crippen LogP contribution in [0.25, 0.3) is 0 Å². The lowest BCUT2D eigenvalue weighted by molar-refractivity contribution is 0.0901. The molecule has 1 fully saturated rings. The number of rotatable bonds is 6. The maximum atomic E-state index is 12.3. The zero-order valence-corrected chi connectivity index (χ0v) is 15.4. The summed E-state index contributed by atoms with van der Waals surface area (Å²) in [6.45, 7) is 10.7. The van der Waals surface area contributed by atoms with Crippen molar-refractivity contribution < 1.29 is 9.90 Å². The first-order valence-corrected chi connectivity index (χ1v) is 8.94. The molecule has 1 aromatic heterocycles. The van der Waals surface area contributed by atoms with Crippen LogP contribution in [-0.4, -0.2) is 41.7 Å². The number of piperidine rings is 1. The quantitative estimate of drug-likeness (QED) is 0.840. The number of nitrogens with one attached hydrogen (secondary N) is 1. The first-order valence-electron chi connectivity index (χ1n) is 8.94. The van der Waals surface area contributed by atoms with Crippen molar-refractivity contribution in [3.05, 3.63) is 23.9 Å². The van der Waals surface area contributed by atoms with Crippen molar-refractivity contribution >= 4 is 11.7 Å². The summed E-state index contributed by atoms with van der Waals surface area (Å²) in [7, 11) is 0. The number of anilines is 1. The first kappa shape index (κ1) is 18.7. The molecule has 5 heteroatoms. The molecule has 0 bridgehead atoms. The molecule has 1 unspecified atom stereocenters. The van der Waals surface area contributed by atoms with Crippen molar-refractivity contribution in [2.24, 2.45) is 11.3 Å². The molecule has 0 radical (unpaired) electrons. The van der Waals surface area contributed by atoms with E-state index in [9.17, 15) is 9.90 Å². The number of pyridine rings is 1. The molecule has 1 atom stereocenters. The topological polar surface area (TPSA) is 65.5 Å². The second-order valence-electron chi connectivity index (χ2n) is 7.97. The van der Waals surface area contributed by atoms with Crippen LogP contribution in [0.15, 0.2) is 18.3 Å². The highest BCUT2D eigenvalue weighted by Crippen LogP contribution is 2.22. The first-order chi connectivity index (χ1) is 11.3. The molecule has 0 spiro atoms. The van der Waals surface area contributed by atoms with Crippen LogP contribution >= 0.6 is 0 Å². The number of carbonyl (C=O) groups excluding carboxylic acids is 1. The third kappa shape index (κ3) is 5.48. The number of carbonyl (C=O) groups is 1. The highest BCUT2D eigenvalue weighted by Gasteiger charge is 2.22. The number of aliphatic hydroxyl groups excluding tert-OH is 1. The fourth-order valence-corrected chi connectivity index (χ4v) is 3.24. The Morgan fingerprint density at radius 1 is 1.42 bits per heavy atom. The smallest absolute Gasteiger partial charge is 0.252 e. The summed E-state index contributed by atoms with van der Waals surface area (Å²) >= 11 is 0. The molecule has 2 N–H and O–H groups in total. The summed E-state index contributed by atoms with van der Waals surface area (Å²) in [4.78, 5) is 19.0. The fraction of sp³-hybridized carbons (Fsp3) is 0.684. The Kier molecular flexibility index (Phi) is 6.21. The number of hydrogen-bond donors (Lipinski definition) is 2. The molecular weight excluding hydrogens is 302 g/mol. The Morgan fingerprint density at radius 3 is 2.62 bits per heavy atom. The van der Waals surface area contributed by atoms with E-state index in [1.54, 1.807) is 13.1 Å². The highest BCUT2D eigenvalue weighted by atomic mass is 16.3. The van der Waals surface area contributed by atoms with Gasteiger partial charge in [0, 0.05) is 25.8 Å². The van der Waals surface area contributed by atoms with Gasteiger partial charge >= 0.3 is 0 Å². The van der Waals surface area contributed by atoms with Gasteiger partial charge < -0.3 is 15.3 Å². The maximum Gasteiger partial charge on any atom is 0.252 e. The number of aromatic nitrogens is 1. The van der Waals surface area contributed by atoms with E-state index in [1.165, 1.54) is 12.8 Å². The highest BCUT2D eigenvalue weighted by molar-refractivity contribution is 5.94. The van der Waals surface area contributed by atoms with Crippen LogP contribution in [0.1, 0.15) is 57.3 Å². The molecule has 1 saturated heterocycles. The van der Waals surface area contributed by atoms with Gasteiger partial charge in [0.15, 0.2) is 0 Å². The fourth-order valence-electron chi connectivity index (χ4n) is 3.24. The second kappa shape index (κ2) is 7.97. The van der Waals surface area contributed by atoms with E-state index in [0.717, 1.165) is 24.8 Å². The van der Waals surface area contributed by atoms with Crippen molar-refractivity contribution in [1.29, 1.82) is 0 Å². The van der Waals surface area contributed by atoms with Crippen LogP contribution in [0.2, 0.25) is 0 Å². The maximum absolute atomic E-state index is 12.3. The molecule has 0 aliphatic carbocycles. The molecule has 5 nitrogen and oxygen atoms in total. The van der Waals surface area contributed by atoms with Gasteiger partial charge in [-0.2, -0.15) is 0 Å². The average molecular weight is 333 g/mol. The van der Waals surface area contributed by atoms with Gasteiger partial charge in [0.1, 0.15) is 5.82 Å². The normalized spacial score (nSPS) is 17.6. The van der Waals surface area contributed by atoms with Crippen LogP contribution in [-0.2, 0) is 0 Å². The van der Waals surface area contributed by atoms with Crippen molar-refractivity contribution in [3.63, 3.8) is 0 Å². The monoisotopic (exact) mass is 333 g/mol. The molecule has 1 aliphatic rings. The van der Waals surface area contributed by atoms with Gasteiger partial charge in [-0.1, -0.05) is 20.8 Å². The predicted octanol–water partition coefficient (Wildman–Crippen LogP) is 2.84. The van der Waals surface area contributed by atoms with E-state index in [-0.39, 0.29) is 17.4 Å². The average Bonchev–Trinajstić information content (AvgIpc) is 2.52. The summed E-state index contributed by atoms with van der Waals surface area (Å²) in [6, 6.07) is 3.78. The molecule has 1 aliphatic heterocycles. The number of amides is 1. The Bertz CT molecular complexity index is 532. The number of hydrogen-bond acceptors (Lipinski definition) is 4. The van der Waals surface area contributed by atoms with Gasteiger partial charge in [-0.25, -0.2) is 4.98 Å². The summed E-state index contributed by atoms with van der Waals surface area (Å²) in [6.07, 6.45) is 4.33. The Balaban J connectivity index is 1.89. The molecule has 2 rings (SSSR count). The lowest BCUT2D eigenvalue weighted by Crippen LogP contribution is -2.36.